The molecule has 2 amide bonds. The number of nitriles is 1. The zero-order valence-corrected chi connectivity index (χ0v) is 8.41. The highest BCUT2D eigenvalue weighted by Crippen LogP contribution is 2.16. The zero-order chi connectivity index (χ0) is 11.4. The molecule has 1 aromatic carbocycles. The molecule has 0 aromatic heterocycles. The van der Waals surface area contributed by atoms with Crippen molar-refractivity contribution in [2.75, 3.05) is 19.4 Å². The van der Waals surface area contributed by atoms with E-state index in [0.717, 1.165) is 6.07 Å². The Kier molecular flexibility index (Phi) is 3.24. The third-order valence-corrected chi connectivity index (χ3v) is 1.75. The van der Waals surface area contributed by atoms with Gasteiger partial charge >= 0.3 is 6.03 Å². The number of nitrogens with one attached hydrogen (secondary N) is 1. The predicted octanol–water partition coefficient (Wildman–Crippen LogP) is 1.79. The van der Waals surface area contributed by atoms with E-state index in [1.165, 1.54) is 17.0 Å². The Morgan fingerprint density at radius 3 is 2.73 bits per heavy atom. The fourth-order valence-electron chi connectivity index (χ4n) is 0.945. The lowest BCUT2D eigenvalue weighted by Crippen LogP contribution is -2.27. The molecule has 4 nitrogen and oxygen atoms in total. The van der Waals surface area contributed by atoms with Crippen LogP contribution in [-0.2, 0) is 0 Å². The second-order valence-electron chi connectivity index (χ2n) is 3.13. The topological polar surface area (TPSA) is 56.1 Å². The standard InChI is InChI=1S/C10H10FN3O/c1-14(2)10(15)13-9-4-3-8(11)5-7(9)6-12/h3-5H,1-2H3,(H,13,15). The van der Waals surface area contributed by atoms with Gasteiger partial charge in [-0.3, -0.25) is 0 Å². The molecule has 0 saturated heterocycles. The van der Waals surface area contributed by atoms with E-state index in [1.54, 1.807) is 14.1 Å². The van der Waals surface area contributed by atoms with Gasteiger partial charge in [-0.25, -0.2) is 9.18 Å². The van der Waals surface area contributed by atoms with Gasteiger partial charge in [0.25, 0.3) is 0 Å². The maximum absolute atomic E-state index is 12.8. The molecule has 5 heteroatoms. The zero-order valence-electron chi connectivity index (χ0n) is 8.41. The molecule has 0 aliphatic heterocycles. The van der Waals surface area contributed by atoms with Crippen LogP contribution >= 0.6 is 0 Å². The molecule has 1 aromatic rings. The van der Waals surface area contributed by atoms with E-state index in [2.05, 4.69) is 5.32 Å². The van der Waals surface area contributed by atoms with E-state index in [1.807, 2.05) is 6.07 Å². The normalized spacial score (nSPS) is 9.20. The molecule has 0 aliphatic carbocycles. The van der Waals surface area contributed by atoms with Crippen LogP contribution in [0, 0.1) is 17.1 Å². The Hall–Kier alpha value is -2.09. The van der Waals surface area contributed by atoms with Crippen molar-refractivity contribution in [1.82, 2.24) is 4.90 Å². The van der Waals surface area contributed by atoms with E-state index < -0.39 is 5.82 Å². The average molecular weight is 207 g/mol. The maximum atomic E-state index is 12.8. The molecular weight excluding hydrogens is 197 g/mol. The van der Waals surface area contributed by atoms with Gasteiger partial charge in [0.2, 0.25) is 0 Å². The van der Waals surface area contributed by atoms with E-state index in [9.17, 15) is 9.18 Å². The number of carbonyl (C=O) groups is 1. The molecule has 0 saturated carbocycles. The van der Waals surface area contributed by atoms with Crippen molar-refractivity contribution in [1.29, 1.82) is 5.26 Å². The minimum Gasteiger partial charge on any atom is -0.331 e. The Bertz CT molecular complexity index is 423. The van der Waals surface area contributed by atoms with Crippen LogP contribution in [-0.4, -0.2) is 25.0 Å². The van der Waals surface area contributed by atoms with Crippen molar-refractivity contribution in [2.45, 2.75) is 0 Å². The van der Waals surface area contributed by atoms with Gasteiger partial charge in [0.1, 0.15) is 11.9 Å². The smallest absolute Gasteiger partial charge is 0.321 e. The first-order valence-corrected chi connectivity index (χ1v) is 4.22. The van der Waals surface area contributed by atoms with Crippen molar-refractivity contribution in [2.24, 2.45) is 0 Å². The molecule has 0 spiro atoms. The lowest BCUT2D eigenvalue weighted by molar-refractivity contribution is 0.230. The number of carbonyl (C=O) groups excluding carboxylic acids is 1. The van der Waals surface area contributed by atoms with Crippen molar-refractivity contribution in [3.8, 4) is 6.07 Å². The lowest BCUT2D eigenvalue weighted by atomic mass is 10.2. The first kappa shape index (κ1) is 11.0. The number of hydrogen-bond donors (Lipinski definition) is 1. The van der Waals surface area contributed by atoms with Crippen LogP contribution in [0.15, 0.2) is 18.2 Å². The van der Waals surface area contributed by atoms with E-state index >= 15 is 0 Å². The summed E-state index contributed by atoms with van der Waals surface area (Å²) in [5.41, 5.74) is 0.405. The van der Waals surface area contributed by atoms with E-state index in [-0.39, 0.29) is 11.6 Å². The molecule has 0 fully saturated rings. The minimum atomic E-state index is -0.505. The molecule has 1 N–H and O–H groups in total. The van der Waals surface area contributed by atoms with Crippen molar-refractivity contribution < 1.29 is 9.18 Å². The van der Waals surface area contributed by atoms with Gasteiger partial charge in [-0.1, -0.05) is 0 Å². The Labute approximate surface area is 86.9 Å². The number of nitrogens with zero attached hydrogens (tertiary/aromatic N) is 2. The fourth-order valence-corrected chi connectivity index (χ4v) is 0.945. The second kappa shape index (κ2) is 4.42. The summed E-state index contributed by atoms with van der Waals surface area (Å²) >= 11 is 0. The quantitative estimate of drug-likeness (QED) is 0.763. The summed E-state index contributed by atoms with van der Waals surface area (Å²) in [5, 5.41) is 11.2. The molecule has 1 rings (SSSR count). The van der Waals surface area contributed by atoms with Crippen LogP contribution in [0.3, 0.4) is 0 Å². The first-order valence-electron chi connectivity index (χ1n) is 4.22. The van der Waals surface area contributed by atoms with Gasteiger partial charge in [-0.15, -0.1) is 0 Å². The van der Waals surface area contributed by atoms with Gasteiger partial charge in [0.05, 0.1) is 11.3 Å². The Balaban J connectivity index is 2.96. The molecule has 0 aliphatic rings. The first-order chi connectivity index (χ1) is 7.04. The fraction of sp³-hybridized carbons (Fsp3) is 0.200. The van der Waals surface area contributed by atoms with Gasteiger partial charge < -0.3 is 10.2 Å². The monoisotopic (exact) mass is 207 g/mol. The van der Waals surface area contributed by atoms with Crippen LogP contribution in [0.4, 0.5) is 14.9 Å². The number of benzene rings is 1. The molecule has 0 unspecified atom stereocenters. The summed E-state index contributed by atoms with van der Waals surface area (Å²) in [5.74, 6) is -0.505. The van der Waals surface area contributed by atoms with Crippen LogP contribution < -0.4 is 5.32 Å². The van der Waals surface area contributed by atoms with Gasteiger partial charge in [0, 0.05) is 14.1 Å². The van der Waals surface area contributed by atoms with Crippen LogP contribution in [0.25, 0.3) is 0 Å². The Morgan fingerprint density at radius 1 is 1.53 bits per heavy atom. The van der Waals surface area contributed by atoms with Crippen LogP contribution in [0.1, 0.15) is 5.56 Å². The van der Waals surface area contributed by atoms with Gasteiger partial charge in [-0.2, -0.15) is 5.26 Å². The molecule has 0 bridgehead atoms. The largest absolute Gasteiger partial charge is 0.331 e. The van der Waals surface area contributed by atoms with Crippen molar-refractivity contribution >= 4 is 11.7 Å². The summed E-state index contributed by atoms with van der Waals surface area (Å²) in [7, 11) is 3.15. The molecular formula is C10H10FN3O. The second-order valence-corrected chi connectivity index (χ2v) is 3.13. The SMILES string of the molecule is CN(C)C(=O)Nc1ccc(F)cc1C#N. The number of halogens is 1. The number of urea groups is 1. The molecule has 0 heterocycles. The molecule has 15 heavy (non-hydrogen) atoms. The summed E-state index contributed by atoms with van der Waals surface area (Å²) in [6.45, 7) is 0. The number of hydrogen-bond acceptors (Lipinski definition) is 2. The highest BCUT2D eigenvalue weighted by atomic mass is 19.1. The maximum Gasteiger partial charge on any atom is 0.321 e. The molecule has 0 radical (unpaired) electrons. The van der Waals surface area contributed by atoms with E-state index in [4.69, 9.17) is 5.26 Å². The average Bonchev–Trinajstić information content (AvgIpc) is 2.20. The number of anilines is 1. The van der Waals surface area contributed by atoms with Crippen molar-refractivity contribution in [3.63, 3.8) is 0 Å². The van der Waals surface area contributed by atoms with Crippen molar-refractivity contribution in [3.05, 3.63) is 29.6 Å². The van der Waals surface area contributed by atoms with E-state index in [0.29, 0.717) is 5.69 Å². The van der Waals surface area contributed by atoms with Crippen LogP contribution in [0.2, 0.25) is 0 Å². The third-order valence-electron chi connectivity index (χ3n) is 1.75. The van der Waals surface area contributed by atoms with Crippen LogP contribution in [0.5, 0.6) is 0 Å². The van der Waals surface area contributed by atoms with Gasteiger partial charge in [0.15, 0.2) is 0 Å². The summed E-state index contributed by atoms with van der Waals surface area (Å²) in [6, 6.07) is 5.06. The summed E-state index contributed by atoms with van der Waals surface area (Å²) < 4.78 is 12.8. The molecule has 0 atom stereocenters. The minimum absolute atomic E-state index is 0.102. The predicted molar refractivity (Wildman–Crippen MR) is 53.8 cm³/mol. The molecule has 78 valence electrons. The summed E-state index contributed by atoms with van der Waals surface area (Å²) in [6.07, 6.45) is 0. The third kappa shape index (κ3) is 2.68. The van der Waals surface area contributed by atoms with Gasteiger partial charge in [-0.05, 0) is 18.2 Å². The number of rotatable bonds is 1. The summed E-state index contributed by atoms with van der Waals surface area (Å²) in [4.78, 5) is 12.6. The number of amides is 2. The highest BCUT2D eigenvalue weighted by molar-refractivity contribution is 5.90. The highest BCUT2D eigenvalue weighted by Gasteiger charge is 2.08. The Morgan fingerprint density at radius 2 is 2.20 bits per heavy atom. The lowest BCUT2D eigenvalue weighted by Gasteiger charge is -2.12.